The Balaban J connectivity index is 1.36. The highest BCUT2D eigenvalue weighted by atomic mass is 16.2. The lowest BCUT2D eigenvalue weighted by Gasteiger charge is -2.57. The van der Waals surface area contributed by atoms with Gasteiger partial charge in [0.25, 0.3) is 0 Å². The van der Waals surface area contributed by atoms with Gasteiger partial charge in [-0.25, -0.2) is 4.79 Å². The summed E-state index contributed by atoms with van der Waals surface area (Å²) in [4.78, 5) is 19.2. The Kier molecular flexibility index (Phi) is 3.18. The monoisotopic (exact) mass is 334 g/mol. The zero-order chi connectivity index (χ0) is 17.0. The standard InChI is InChI=1S/C20H22N4O/c21-12-20-9-13-7-14(10-20)18(15(8-13)11-20)23-19(25)24-6-5-22-16-3-1-2-4-17(16)24/h1-5,13-15,18H,6-11H2,(H,23,25). The van der Waals surface area contributed by atoms with E-state index in [4.69, 9.17) is 0 Å². The fourth-order valence-electron chi connectivity index (χ4n) is 5.93. The number of nitrogens with zero attached hydrogens (tertiary/aromatic N) is 3. The molecule has 1 aliphatic heterocycles. The number of urea groups is 1. The molecule has 2 unspecified atom stereocenters. The van der Waals surface area contributed by atoms with Crippen molar-refractivity contribution >= 4 is 23.6 Å². The fraction of sp³-hybridized carbons (Fsp3) is 0.550. The van der Waals surface area contributed by atoms with Crippen LogP contribution in [-0.4, -0.2) is 24.8 Å². The lowest BCUT2D eigenvalue weighted by atomic mass is 9.48. The van der Waals surface area contributed by atoms with E-state index < -0.39 is 0 Å². The molecule has 0 radical (unpaired) electrons. The number of amides is 2. The topological polar surface area (TPSA) is 68.5 Å². The van der Waals surface area contributed by atoms with Crippen molar-refractivity contribution < 1.29 is 4.79 Å². The van der Waals surface area contributed by atoms with Crippen molar-refractivity contribution in [3.8, 4) is 6.07 Å². The molecular weight excluding hydrogens is 312 g/mol. The molecule has 5 aliphatic rings. The van der Waals surface area contributed by atoms with E-state index in [0.29, 0.717) is 24.3 Å². The molecule has 1 aromatic rings. The second-order valence-corrected chi connectivity index (χ2v) is 8.25. The second-order valence-electron chi connectivity index (χ2n) is 8.25. The predicted octanol–water partition coefficient (Wildman–Crippen LogP) is 3.64. The predicted molar refractivity (Wildman–Crippen MR) is 95.9 cm³/mol. The third-order valence-electron chi connectivity index (χ3n) is 6.71. The van der Waals surface area contributed by atoms with E-state index in [1.807, 2.05) is 24.3 Å². The maximum atomic E-state index is 13.0. The SMILES string of the molecule is N#CC12CC3CC(C1)C(NC(=O)N1CC=Nc4ccccc41)C(C3)C2. The van der Waals surface area contributed by atoms with Crippen LogP contribution in [0.4, 0.5) is 16.2 Å². The van der Waals surface area contributed by atoms with E-state index in [9.17, 15) is 10.1 Å². The van der Waals surface area contributed by atoms with Crippen molar-refractivity contribution in [1.29, 1.82) is 5.26 Å². The van der Waals surface area contributed by atoms with Crippen LogP contribution in [0, 0.1) is 34.5 Å². The fourth-order valence-corrected chi connectivity index (χ4v) is 5.93. The van der Waals surface area contributed by atoms with Gasteiger partial charge in [0.05, 0.1) is 29.4 Å². The quantitative estimate of drug-likeness (QED) is 0.852. The second kappa shape index (κ2) is 5.32. The van der Waals surface area contributed by atoms with Gasteiger partial charge in [0, 0.05) is 12.3 Å². The number of para-hydroxylation sites is 2. The van der Waals surface area contributed by atoms with Gasteiger partial charge < -0.3 is 5.32 Å². The number of nitrogens with one attached hydrogen (secondary N) is 1. The average molecular weight is 334 g/mol. The van der Waals surface area contributed by atoms with Crippen molar-refractivity contribution in [3.05, 3.63) is 24.3 Å². The zero-order valence-electron chi connectivity index (χ0n) is 14.2. The van der Waals surface area contributed by atoms with Crippen molar-refractivity contribution in [2.75, 3.05) is 11.4 Å². The van der Waals surface area contributed by atoms with Gasteiger partial charge >= 0.3 is 6.03 Å². The molecule has 1 heterocycles. The Labute approximate surface area is 147 Å². The largest absolute Gasteiger partial charge is 0.334 e. The lowest BCUT2D eigenvalue weighted by Crippen LogP contribution is -2.60. The normalized spacial score (nSPS) is 37.5. The van der Waals surface area contributed by atoms with Crippen LogP contribution in [0.15, 0.2) is 29.3 Å². The number of carbonyl (C=O) groups is 1. The van der Waals surface area contributed by atoms with Crippen LogP contribution in [0.3, 0.4) is 0 Å². The van der Waals surface area contributed by atoms with Gasteiger partial charge in [0.15, 0.2) is 0 Å². The van der Waals surface area contributed by atoms with Crippen LogP contribution in [-0.2, 0) is 0 Å². The summed E-state index contributed by atoms with van der Waals surface area (Å²) in [5, 5.41) is 13.0. The number of anilines is 1. The third kappa shape index (κ3) is 2.27. The van der Waals surface area contributed by atoms with Crippen LogP contribution >= 0.6 is 0 Å². The van der Waals surface area contributed by atoms with Crippen LogP contribution in [0.5, 0.6) is 0 Å². The molecule has 5 nitrogen and oxygen atoms in total. The van der Waals surface area contributed by atoms with Crippen LogP contribution in [0.2, 0.25) is 0 Å². The molecule has 0 saturated heterocycles. The molecule has 25 heavy (non-hydrogen) atoms. The Morgan fingerprint density at radius 2 is 2.00 bits per heavy atom. The number of nitriles is 1. The van der Waals surface area contributed by atoms with E-state index in [0.717, 1.165) is 30.6 Å². The van der Waals surface area contributed by atoms with Gasteiger partial charge in [0.1, 0.15) is 0 Å². The third-order valence-corrected chi connectivity index (χ3v) is 6.71. The number of aliphatic imine (C=N–C) groups is 1. The summed E-state index contributed by atoms with van der Waals surface area (Å²) in [6.45, 7) is 0.510. The van der Waals surface area contributed by atoms with Crippen LogP contribution in [0.1, 0.15) is 32.1 Å². The highest BCUT2D eigenvalue weighted by Gasteiger charge is 2.56. The van der Waals surface area contributed by atoms with Crippen molar-refractivity contribution in [2.45, 2.75) is 38.1 Å². The first-order valence-electron chi connectivity index (χ1n) is 9.28. The first-order valence-corrected chi connectivity index (χ1v) is 9.28. The average Bonchev–Trinajstić information content (AvgIpc) is 2.63. The highest BCUT2D eigenvalue weighted by Crippen LogP contribution is 2.59. The molecule has 4 bridgehead atoms. The molecule has 2 atom stereocenters. The van der Waals surface area contributed by atoms with E-state index >= 15 is 0 Å². The van der Waals surface area contributed by atoms with Gasteiger partial charge in [-0.15, -0.1) is 0 Å². The maximum absolute atomic E-state index is 13.0. The molecular formula is C20H22N4O. The number of carbonyl (C=O) groups excluding carboxylic acids is 1. The summed E-state index contributed by atoms with van der Waals surface area (Å²) < 4.78 is 0. The Hall–Kier alpha value is -2.35. The smallest absolute Gasteiger partial charge is 0.322 e. The molecule has 4 saturated carbocycles. The first kappa shape index (κ1) is 14.9. The maximum Gasteiger partial charge on any atom is 0.322 e. The summed E-state index contributed by atoms with van der Waals surface area (Å²) in [6, 6.07) is 10.6. The number of rotatable bonds is 1. The Morgan fingerprint density at radius 1 is 1.24 bits per heavy atom. The number of fused-ring (bicyclic) bond motifs is 1. The number of hydrogen-bond donors (Lipinski definition) is 1. The Bertz CT molecular complexity index is 779. The van der Waals surface area contributed by atoms with Gasteiger partial charge in [-0.1, -0.05) is 12.1 Å². The molecule has 4 fully saturated rings. The summed E-state index contributed by atoms with van der Waals surface area (Å²) in [5.41, 5.74) is 1.61. The van der Waals surface area contributed by atoms with E-state index in [1.54, 1.807) is 11.1 Å². The minimum Gasteiger partial charge on any atom is -0.334 e. The summed E-state index contributed by atoms with van der Waals surface area (Å²) in [6.07, 6.45) is 7.13. The van der Waals surface area contributed by atoms with Crippen LogP contribution in [0.25, 0.3) is 0 Å². The molecule has 2 amide bonds. The summed E-state index contributed by atoms with van der Waals surface area (Å²) in [7, 11) is 0. The van der Waals surface area contributed by atoms with Crippen molar-refractivity contribution in [3.63, 3.8) is 0 Å². The summed E-state index contributed by atoms with van der Waals surface area (Å²) in [5.74, 6) is 1.61. The van der Waals surface area contributed by atoms with Gasteiger partial charge in [-0.2, -0.15) is 5.26 Å². The van der Waals surface area contributed by atoms with Crippen molar-refractivity contribution in [2.24, 2.45) is 28.2 Å². The minimum atomic E-state index is -0.109. The molecule has 0 aromatic heterocycles. The van der Waals surface area contributed by atoms with E-state index in [-0.39, 0.29) is 17.5 Å². The molecule has 128 valence electrons. The van der Waals surface area contributed by atoms with E-state index in [1.165, 1.54) is 12.8 Å². The first-order chi connectivity index (χ1) is 12.2. The molecule has 4 aliphatic carbocycles. The molecule has 0 spiro atoms. The molecule has 1 aromatic carbocycles. The van der Waals surface area contributed by atoms with E-state index in [2.05, 4.69) is 16.4 Å². The lowest BCUT2D eigenvalue weighted by molar-refractivity contribution is -0.0435. The zero-order valence-corrected chi connectivity index (χ0v) is 14.2. The van der Waals surface area contributed by atoms with Crippen LogP contribution < -0.4 is 10.2 Å². The number of benzene rings is 1. The molecule has 1 N–H and O–H groups in total. The highest BCUT2D eigenvalue weighted by molar-refractivity contribution is 6.00. The summed E-state index contributed by atoms with van der Waals surface area (Å²) >= 11 is 0. The number of hydrogen-bond acceptors (Lipinski definition) is 3. The van der Waals surface area contributed by atoms with Gasteiger partial charge in [0.2, 0.25) is 0 Å². The van der Waals surface area contributed by atoms with Gasteiger partial charge in [-0.05, 0) is 62.0 Å². The molecule has 6 rings (SSSR count). The van der Waals surface area contributed by atoms with Gasteiger partial charge in [-0.3, -0.25) is 9.89 Å². The minimum absolute atomic E-state index is 0.0259. The van der Waals surface area contributed by atoms with Crippen molar-refractivity contribution in [1.82, 2.24) is 5.32 Å². The Morgan fingerprint density at radius 3 is 2.76 bits per heavy atom. The molecule has 5 heteroatoms.